The largest absolute Gasteiger partial charge is 0.452 e. The van der Waals surface area contributed by atoms with E-state index in [0.717, 1.165) is 16.8 Å². The van der Waals surface area contributed by atoms with Crippen molar-refractivity contribution in [3.63, 3.8) is 0 Å². The number of hydrogen-bond acceptors (Lipinski definition) is 6. The van der Waals surface area contributed by atoms with Gasteiger partial charge in [0.1, 0.15) is 0 Å². The number of anilines is 1. The molecule has 0 bridgehead atoms. The minimum atomic E-state index is -0.629. The van der Waals surface area contributed by atoms with Crippen LogP contribution in [0.25, 0.3) is 11.3 Å². The van der Waals surface area contributed by atoms with E-state index in [1.807, 2.05) is 18.4 Å². The van der Waals surface area contributed by atoms with Gasteiger partial charge in [-0.25, -0.2) is 9.78 Å². The molecule has 7 heteroatoms. The van der Waals surface area contributed by atoms with E-state index in [9.17, 15) is 9.59 Å². The fourth-order valence-corrected chi connectivity index (χ4v) is 3.47. The third-order valence-electron chi connectivity index (χ3n) is 4.45. The van der Waals surface area contributed by atoms with Crippen LogP contribution in [0.2, 0.25) is 0 Å². The molecule has 0 aliphatic heterocycles. The van der Waals surface area contributed by atoms with Gasteiger partial charge in [-0.1, -0.05) is 6.07 Å². The molecule has 1 aromatic heterocycles. The number of esters is 1. The lowest BCUT2D eigenvalue weighted by atomic mass is 9.99. The zero-order valence-electron chi connectivity index (χ0n) is 16.3. The second-order valence-electron chi connectivity index (χ2n) is 6.60. The van der Waals surface area contributed by atoms with Crippen molar-refractivity contribution >= 4 is 28.3 Å². The molecule has 0 aliphatic carbocycles. The van der Waals surface area contributed by atoms with E-state index < -0.39 is 18.5 Å². The maximum absolute atomic E-state index is 12.1. The van der Waals surface area contributed by atoms with Crippen molar-refractivity contribution in [1.82, 2.24) is 4.98 Å². The average Bonchev–Trinajstić information content (AvgIpc) is 3.17. The summed E-state index contributed by atoms with van der Waals surface area (Å²) in [7, 11) is 0. The monoisotopic (exact) mass is 405 g/mol. The summed E-state index contributed by atoms with van der Waals surface area (Å²) in [5.74, 6) is -1.10. The fraction of sp³-hybridized carbons (Fsp3) is 0.182. The number of rotatable bonds is 5. The third-order valence-corrected chi connectivity index (χ3v) is 5.21. The minimum absolute atomic E-state index is 0.276. The Balaban J connectivity index is 1.60. The lowest BCUT2D eigenvalue weighted by Gasteiger charge is -2.07. The molecule has 146 valence electrons. The van der Waals surface area contributed by atoms with Gasteiger partial charge < -0.3 is 4.74 Å². The number of nitrogens with zero attached hydrogens (tertiary/aromatic N) is 2. The van der Waals surface area contributed by atoms with Crippen molar-refractivity contribution in [3.05, 3.63) is 69.6 Å². The number of carbonyl (C=O) groups excluding carboxylic acids is 2. The zero-order valence-corrected chi connectivity index (χ0v) is 17.1. The topological polar surface area (TPSA) is 92.1 Å². The first kappa shape index (κ1) is 20.2. The van der Waals surface area contributed by atoms with E-state index in [1.165, 1.54) is 46.7 Å². The molecular weight excluding hydrogens is 386 g/mol. The lowest BCUT2D eigenvalue weighted by Crippen LogP contribution is -2.20. The molecule has 0 aliphatic rings. The Labute approximate surface area is 172 Å². The molecule has 0 unspecified atom stereocenters. The van der Waals surface area contributed by atoms with Crippen molar-refractivity contribution in [2.75, 3.05) is 11.9 Å². The van der Waals surface area contributed by atoms with Crippen LogP contribution in [-0.2, 0) is 9.53 Å². The molecule has 0 spiro atoms. The summed E-state index contributed by atoms with van der Waals surface area (Å²) in [6, 6.07) is 12.2. The summed E-state index contributed by atoms with van der Waals surface area (Å²) in [5, 5.41) is 13.8. The molecule has 0 saturated carbocycles. The third kappa shape index (κ3) is 4.86. The van der Waals surface area contributed by atoms with E-state index in [4.69, 9.17) is 10.00 Å². The first-order valence-corrected chi connectivity index (χ1v) is 9.76. The van der Waals surface area contributed by atoms with Crippen LogP contribution in [-0.4, -0.2) is 23.5 Å². The number of thiazole rings is 1. The van der Waals surface area contributed by atoms with Gasteiger partial charge in [0.2, 0.25) is 0 Å². The summed E-state index contributed by atoms with van der Waals surface area (Å²) in [4.78, 5) is 28.6. The highest BCUT2D eigenvalue weighted by molar-refractivity contribution is 7.14. The number of aryl methyl sites for hydroxylation is 3. The maximum atomic E-state index is 12.1. The summed E-state index contributed by atoms with van der Waals surface area (Å²) < 4.78 is 5.02. The van der Waals surface area contributed by atoms with Crippen LogP contribution in [0.15, 0.2) is 41.8 Å². The highest BCUT2D eigenvalue weighted by atomic mass is 32.1. The van der Waals surface area contributed by atoms with Gasteiger partial charge in [-0.15, -0.1) is 11.3 Å². The van der Waals surface area contributed by atoms with Gasteiger partial charge >= 0.3 is 5.97 Å². The normalized spacial score (nSPS) is 10.3. The van der Waals surface area contributed by atoms with Gasteiger partial charge in [0, 0.05) is 10.9 Å². The molecule has 0 saturated heterocycles. The number of amides is 1. The Bertz CT molecular complexity index is 1110. The standard InChI is InChI=1S/C22H19N3O3S/c1-13-8-15(3)18(9-14(13)2)19-12-29-22(24-19)25-20(26)11-28-21(27)17-6-4-16(10-23)5-7-17/h4-9,12H,11H2,1-3H3,(H,24,25,26). The van der Waals surface area contributed by atoms with E-state index in [2.05, 4.69) is 36.3 Å². The summed E-state index contributed by atoms with van der Waals surface area (Å²) in [5.41, 5.74) is 6.06. The van der Waals surface area contributed by atoms with Gasteiger partial charge in [0.15, 0.2) is 11.7 Å². The highest BCUT2D eigenvalue weighted by Gasteiger charge is 2.13. The lowest BCUT2D eigenvalue weighted by molar-refractivity contribution is -0.119. The molecule has 1 N–H and O–H groups in total. The Hall–Kier alpha value is -3.50. The van der Waals surface area contributed by atoms with Crippen molar-refractivity contribution in [3.8, 4) is 17.3 Å². The zero-order chi connectivity index (χ0) is 21.0. The SMILES string of the molecule is Cc1cc(C)c(-c2csc(NC(=O)COC(=O)c3ccc(C#N)cc3)n2)cc1C. The number of hydrogen-bond donors (Lipinski definition) is 1. The Morgan fingerprint density at radius 3 is 2.48 bits per heavy atom. The quantitative estimate of drug-likeness (QED) is 0.635. The van der Waals surface area contributed by atoms with Gasteiger partial charge in [-0.05, 0) is 67.8 Å². The Kier molecular flexibility index (Phi) is 6.05. The van der Waals surface area contributed by atoms with Crippen LogP contribution < -0.4 is 5.32 Å². The Morgan fingerprint density at radius 2 is 1.79 bits per heavy atom. The van der Waals surface area contributed by atoms with E-state index in [1.54, 1.807) is 0 Å². The number of aromatic nitrogens is 1. The first-order valence-electron chi connectivity index (χ1n) is 8.88. The van der Waals surface area contributed by atoms with Crippen molar-refractivity contribution in [2.45, 2.75) is 20.8 Å². The van der Waals surface area contributed by atoms with Gasteiger partial charge in [0.25, 0.3) is 5.91 Å². The molecule has 0 fully saturated rings. The summed E-state index contributed by atoms with van der Waals surface area (Å²) >= 11 is 1.31. The molecule has 0 atom stereocenters. The molecule has 1 amide bonds. The highest BCUT2D eigenvalue weighted by Crippen LogP contribution is 2.29. The van der Waals surface area contributed by atoms with Gasteiger partial charge in [-0.3, -0.25) is 10.1 Å². The molecule has 29 heavy (non-hydrogen) atoms. The minimum Gasteiger partial charge on any atom is -0.452 e. The van der Waals surface area contributed by atoms with Gasteiger partial charge in [-0.2, -0.15) is 5.26 Å². The van der Waals surface area contributed by atoms with Crippen LogP contribution in [0.3, 0.4) is 0 Å². The number of nitriles is 1. The molecule has 0 radical (unpaired) electrons. The molecule has 3 aromatic rings. The van der Waals surface area contributed by atoms with Crippen LogP contribution in [0, 0.1) is 32.1 Å². The molecule has 2 aromatic carbocycles. The van der Waals surface area contributed by atoms with E-state index >= 15 is 0 Å². The first-order chi connectivity index (χ1) is 13.9. The van der Waals surface area contributed by atoms with Crippen LogP contribution >= 0.6 is 11.3 Å². The van der Waals surface area contributed by atoms with E-state index in [0.29, 0.717) is 10.7 Å². The summed E-state index contributed by atoms with van der Waals surface area (Å²) in [6.07, 6.45) is 0. The second-order valence-corrected chi connectivity index (χ2v) is 7.46. The molecular formula is C22H19N3O3S. The molecule has 1 heterocycles. The number of nitrogens with one attached hydrogen (secondary N) is 1. The maximum Gasteiger partial charge on any atom is 0.338 e. The van der Waals surface area contributed by atoms with Crippen LogP contribution in [0.5, 0.6) is 0 Å². The summed E-state index contributed by atoms with van der Waals surface area (Å²) in [6.45, 7) is 5.73. The molecule has 6 nitrogen and oxygen atoms in total. The smallest absolute Gasteiger partial charge is 0.338 e. The number of ether oxygens (including phenoxy) is 1. The predicted molar refractivity (Wildman–Crippen MR) is 112 cm³/mol. The van der Waals surface area contributed by atoms with Crippen molar-refractivity contribution in [1.29, 1.82) is 5.26 Å². The predicted octanol–water partition coefficient (Wildman–Crippen LogP) is 4.40. The Morgan fingerprint density at radius 1 is 1.10 bits per heavy atom. The van der Waals surface area contributed by atoms with Crippen molar-refractivity contribution in [2.24, 2.45) is 0 Å². The van der Waals surface area contributed by atoms with Crippen molar-refractivity contribution < 1.29 is 14.3 Å². The van der Waals surface area contributed by atoms with Gasteiger partial charge in [0.05, 0.1) is 22.9 Å². The number of carbonyl (C=O) groups is 2. The van der Waals surface area contributed by atoms with Crippen LogP contribution in [0.1, 0.15) is 32.6 Å². The molecule has 3 rings (SSSR count). The van der Waals surface area contributed by atoms with Crippen LogP contribution in [0.4, 0.5) is 5.13 Å². The fourth-order valence-electron chi connectivity index (χ4n) is 2.74. The number of benzene rings is 2. The van der Waals surface area contributed by atoms with E-state index in [-0.39, 0.29) is 5.56 Å². The second kappa shape index (κ2) is 8.67. The average molecular weight is 405 g/mol.